The topological polar surface area (TPSA) is 52.6 Å². The Morgan fingerprint density at radius 1 is 1.11 bits per heavy atom. The number of Topliss-reactive ketones (excluding diaryl/α,β-unsaturated/α-hetero) is 1. The number of carbonyl (C=O) groups is 2. The lowest BCUT2D eigenvalue weighted by Gasteiger charge is -2.50. The fourth-order valence-electron chi connectivity index (χ4n) is 6.39. The first-order valence-electron chi connectivity index (χ1n) is 10.2. The van der Waals surface area contributed by atoms with Gasteiger partial charge in [0.25, 0.3) is 0 Å². The van der Waals surface area contributed by atoms with E-state index in [1.54, 1.807) is 14.0 Å². The molecule has 3 aliphatic carbocycles. The van der Waals surface area contributed by atoms with E-state index >= 15 is 0 Å². The van der Waals surface area contributed by atoms with E-state index in [0.717, 1.165) is 32.1 Å². The number of methoxy groups -OCH3 is 1. The van der Waals surface area contributed by atoms with Gasteiger partial charge in [0.2, 0.25) is 0 Å². The number of hydrogen-bond donors (Lipinski definition) is 0. The number of hydrogen-bond acceptors (Lipinski definition) is 4. The van der Waals surface area contributed by atoms with Crippen LogP contribution in [0.25, 0.3) is 0 Å². The van der Waals surface area contributed by atoms with Gasteiger partial charge < -0.3 is 9.47 Å². The minimum Gasteiger partial charge on any atom is -0.496 e. The quantitative estimate of drug-likeness (QED) is 0.572. The van der Waals surface area contributed by atoms with Gasteiger partial charge in [-0.05, 0) is 86.5 Å². The summed E-state index contributed by atoms with van der Waals surface area (Å²) >= 11 is 0. The first-order valence-corrected chi connectivity index (χ1v) is 10.2. The Morgan fingerprint density at radius 2 is 1.89 bits per heavy atom. The molecule has 0 spiro atoms. The summed E-state index contributed by atoms with van der Waals surface area (Å²) in [7, 11) is 1.64. The lowest BCUT2D eigenvalue weighted by Crippen LogP contribution is -2.45. The number of esters is 1. The molecule has 0 amide bonds. The largest absolute Gasteiger partial charge is 0.496 e. The molecule has 4 nitrogen and oxygen atoms in total. The van der Waals surface area contributed by atoms with E-state index in [0.29, 0.717) is 29.1 Å². The van der Waals surface area contributed by atoms with E-state index < -0.39 is 0 Å². The summed E-state index contributed by atoms with van der Waals surface area (Å²) in [5, 5.41) is 0. The molecule has 2 saturated carbocycles. The van der Waals surface area contributed by atoms with Gasteiger partial charge in [0, 0.05) is 12.3 Å². The first-order chi connectivity index (χ1) is 12.8. The molecule has 2 fully saturated rings. The number of aryl methyl sites for hydroxylation is 1. The molecular weight excluding hydrogens is 340 g/mol. The van der Waals surface area contributed by atoms with Crippen LogP contribution < -0.4 is 4.74 Å². The van der Waals surface area contributed by atoms with Crippen molar-refractivity contribution in [2.24, 2.45) is 17.3 Å². The zero-order valence-electron chi connectivity index (χ0n) is 16.8. The Hall–Kier alpha value is -1.84. The van der Waals surface area contributed by atoms with E-state index in [4.69, 9.17) is 9.47 Å². The van der Waals surface area contributed by atoms with Gasteiger partial charge in [0.15, 0.2) is 5.78 Å². The fourth-order valence-corrected chi connectivity index (χ4v) is 6.39. The molecule has 0 heterocycles. The normalized spacial score (nSPS) is 34.2. The number of fused-ring (bicyclic) bond motifs is 5. The number of carbonyl (C=O) groups excluding carboxylic acids is 2. The molecule has 4 heteroatoms. The summed E-state index contributed by atoms with van der Waals surface area (Å²) in [6, 6.07) is 4.20. The average molecular weight is 370 g/mol. The second-order valence-electron chi connectivity index (χ2n) is 8.94. The monoisotopic (exact) mass is 370 g/mol. The standard InChI is InChI=1S/C23H30O4/c1-13(24)18-12-19-15(11-21(18)26-4)5-6-17-16(19)9-10-23(3)20(17)7-8-22(23)27-14(2)25/h11-12,16-17,20,22H,5-10H2,1-4H3/t16-,17+,20+,22-,23+/m1/s1. The van der Waals surface area contributed by atoms with Gasteiger partial charge in [-0.2, -0.15) is 0 Å². The third kappa shape index (κ3) is 2.88. The van der Waals surface area contributed by atoms with E-state index in [-0.39, 0.29) is 23.3 Å². The van der Waals surface area contributed by atoms with E-state index in [1.165, 1.54) is 24.5 Å². The molecule has 0 aromatic heterocycles. The van der Waals surface area contributed by atoms with Crippen LogP contribution in [0.3, 0.4) is 0 Å². The van der Waals surface area contributed by atoms with Crippen LogP contribution in [-0.2, 0) is 16.0 Å². The van der Waals surface area contributed by atoms with Crippen molar-refractivity contribution >= 4 is 11.8 Å². The molecule has 0 radical (unpaired) electrons. The molecule has 1 aromatic rings. The smallest absolute Gasteiger partial charge is 0.302 e. The minimum atomic E-state index is -0.156. The number of ketones is 1. The van der Waals surface area contributed by atoms with Crippen LogP contribution >= 0.6 is 0 Å². The van der Waals surface area contributed by atoms with Crippen molar-refractivity contribution < 1.29 is 19.1 Å². The van der Waals surface area contributed by atoms with Crippen molar-refractivity contribution in [3.05, 3.63) is 28.8 Å². The molecule has 0 unspecified atom stereocenters. The zero-order valence-corrected chi connectivity index (χ0v) is 16.8. The Morgan fingerprint density at radius 3 is 2.56 bits per heavy atom. The van der Waals surface area contributed by atoms with Crippen LogP contribution in [0.15, 0.2) is 12.1 Å². The van der Waals surface area contributed by atoms with Crippen LogP contribution in [0.4, 0.5) is 0 Å². The minimum absolute atomic E-state index is 0.0611. The van der Waals surface area contributed by atoms with Crippen LogP contribution in [0.2, 0.25) is 0 Å². The van der Waals surface area contributed by atoms with Gasteiger partial charge in [0.05, 0.1) is 12.7 Å². The van der Waals surface area contributed by atoms with Gasteiger partial charge >= 0.3 is 5.97 Å². The predicted octanol–water partition coefficient (Wildman–Crippen LogP) is 4.69. The average Bonchev–Trinajstić information content (AvgIpc) is 2.96. The summed E-state index contributed by atoms with van der Waals surface area (Å²) in [4.78, 5) is 23.7. The summed E-state index contributed by atoms with van der Waals surface area (Å²) < 4.78 is 11.2. The van der Waals surface area contributed by atoms with Crippen molar-refractivity contribution in [2.45, 2.75) is 71.3 Å². The van der Waals surface area contributed by atoms with Crippen molar-refractivity contribution in [1.29, 1.82) is 0 Å². The molecular formula is C23H30O4. The van der Waals surface area contributed by atoms with Gasteiger partial charge in [-0.25, -0.2) is 0 Å². The van der Waals surface area contributed by atoms with Crippen LogP contribution in [0.1, 0.15) is 80.3 Å². The molecule has 0 bridgehead atoms. The van der Waals surface area contributed by atoms with Crippen LogP contribution in [0, 0.1) is 17.3 Å². The van der Waals surface area contributed by atoms with E-state index in [9.17, 15) is 9.59 Å². The molecule has 4 rings (SSSR count). The Kier molecular flexibility index (Phi) is 4.56. The summed E-state index contributed by atoms with van der Waals surface area (Å²) in [6.07, 6.45) is 6.58. The number of rotatable bonds is 3. The molecule has 0 aliphatic heterocycles. The highest BCUT2D eigenvalue weighted by atomic mass is 16.5. The molecule has 5 atom stereocenters. The summed E-state index contributed by atoms with van der Waals surface area (Å²) in [5.74, 6) is 2.33. The third-order valence-electron chi connectivity index (χ3n) is 7.65. The third-order valence-corrected chi connectivity index (χ3v) is 7.65. The predicted molar refractivity (Wildman–Crippen MR) is 103 cm³/mol. The molecule has 3 aliphatic rings. The lowest BCUT2D eigenvalue weighted by molar-refractivity contribution is -0.154. The maximum atomic E-state index is 12.1. The van der Waals surface area contributed by atoms with Gasteiger partial charge in [-0.15, -0.1) is 0 Å². The van der Waals surface area contributed by atoms with Crippen molar-refractivity contribution in [2.75, 3.05) is 7.11 Å². The maximum absolute atomic E-state index is 12.1. The molecule has 0 N–H and O–H groups in total. The summed E-state index contributed by atoms with van der Waals surface area (Å²) in [5.41, 5.74) is 3.50. The molecule has 146 valence electrons. The summed E-state index contributed by atoms with van der Waals surface area (Å²) in [6.45, 7) is 5.47. The van der Waals surface area contributed by atoms with Crippen molar-refractivity contribution in [1.82, 2.24) is 0 Å². The Labute approximate surface area is 161 Å². The lowest BCUT2D eigenvalue weighted by atomic mass is 9.55. The fraction of sp³-hybridized carbons (Fsp3) is 0.652. The zero-order chi connectivity index (χ0) is 19.3. The molecule has 1 aromatic carbocycles. The van der Waals surface area contributed by atoms with Crippen molar-refractivity contribution in [3.63, 3.8) is 0 Å². The first kappa shape index (κ1) is 18.5. The SMILES string of the molecule is COc1cc2c(cc1C(C)=O)[C@@H]1CC[C@]3(C)[C@H](OC(C)=O)CC[C@H]3[C@H]1CC2. The van der Waals surface area contributed by atoms with E-state index in [1.807, 2.05) is 0 Å². The second kappa shape index (κ2) is 6.65. The van der Waals surface area contributed by atoms with Gasteiger partial charge in [-0.1, -0.05) is 6.92 Å². The number of benzene rings is 1. The van der Waals surface area contributed by atoms with Crippen LogP contribution in [-0.4, -0.2) is 25.0 Å². The maximum Gasteiger partial charge on any atom is 0.302 e. The highest BCUT2D eigenvalue weighted by Gasteiger charge is 2.56. The highest BCUT2D eigenvalue weighted by molar-refractivity contribution is 5.97. The second-order valence-corrected chi connectivity index (χ2v) is 8.94. The Bertz CT molecular complexity index is 783. The van der Waals surface area contributed by atoms with Gasteiger partial charge in [-0.3, -0.25) is 9.59 Å². The molecule has 0 saturated heterocycles. The van der Waals surface area contributed by atoms with E-state index in [2.05, 4.69) is 19.1 Å². The Balaban J connectivity index is 1.67. The van der Waals surface area contributed by atoms with Crippen molar-refractivity contribution in [3.8, 4) is 5.75 Å². The highest BCUT2D eigenvalue weighted by Crippen LogP contribution is 2.61. The molecule has 27 heavy (non-hydrogen) atoms. The number of ether oxygens (including phenoxy) is 2. The van der Waals surface area contributed by atoms with Crippen LogP contribution in [0.5, 0.6) is 5.75 Å². The van der Waals surface area contributed by atoms with Gasteiger partial charge in [0.1, 0.15) is 11.9 Å².